The molecule has 2 aliphatic rings. The van der Waals surface area contributed by atoms with Gasteiger partial charge in [-0.25, -0.2) is 9.37 Å². The molecule has 1 aromatic heterocycles. The fourth-order valence-electron chi connectivity index (χ4n) is 4.95. The van der Waals surface area contributed by atoms with Crippen molar-refractivity contribution in [2.24, 2.45) is 5.92 Å². The van der Waals surface area contributed by atoms with Crippen molar-refractivity contribution < 1.29 is 4.39 Å². The molecule has 1 unspecified atom stereocenters. The number of rotatable bonds is 3. The highest BCUT2D eigenvalue weighted by Gasteiger charge is 2.25. The summed E-state index contributed by atoms with van der Waals surface area (Å²) >= 11 is 0. The first kappa shape index (κ1) is 18.0. The number of nitrogens with one attached hydrogen (secondary N) is 2. The van der Waals surface area contributed by atoms with Crippen LogP contribution in [-0.2, 0) is 0 Å². The van der Waals surface area contributed by atoms with E-state index < -0.39 is 0 Å². The maximum Gasteiger partial charge on any atom is 0.154 e. The van der Waals surface area contributed by atoms with E-state index in [0.29, 0.717) is 23.3 Å². The van der Waals surface area contributed by atoms with Gasteiger partial charge in [0.05, 0.1) is 5.52 Å². The molecule has 2 N–H and O–H groups in total. The highest BCUT2D eigenvalue weighted by Crippen LogP contribution is 2.35. The summed E-state index contributed by atoms with van der Waals surface area (Å²) in [4.78, 5) is 8.19. The molecule has 1 atom stereocenters. The Morgan fingerprint density at radius 2 is 1.69 bits per heavy atom. The van der Waals surface area contributed by atoms with E-state index in [1.54, 1.807) is 0 Å². The van der Waals surface area contributed by atoms with E-state index in [0.717, 1.165) is 42.8 Å². The molecule has 0 amide bonds. The Hall–Kier alpha value is -1.42. The molecular formula is C22H32FN3. The summed E-state index contributed by atoms with van der Waals surface area (Å²) < 4.78 is 15.2. The molecule has 26 heavy (non-hydrogen) atoms. The number of imidazole rings is 1. The highest BCUT2D eigenvalue weighted by atomic mass is 19.1. The van der Waals surface area contributed by atoms with Crippen LogP contribution >= 0.6 is 0 Å². The van der Waals surface area contributed by atoms with Crippen molar-refractivity contribution in [2.45, 2.75) is 76.5 Å². The number of hydrogen-bond acceptors (Lipinski definition) is 2. The lowest BCUT2D eigenvalue weighted by atomic mass is 9.82. The molecule has 2 fully saturated rings. The minimum absolute atomic E-state index is 0.0956. The number of aromatic nitrogens is 2. The SMILES string of the molecule is CC(c1nc2c(F)c(C3CCNCC3)ccc2[nH]1)C1CCCCCCC1. The summed E-state index contributed by atoms with van der Waals surface area (Å²) in [5, 5.41) is 3.36. The van der Waals surface area contributed by atoms with Crippen LogP contribution < -0.4 is 5.32 Å². The number of benzene rings is 1. The number of nitrogens with zero attached hydrogens (tertiary/aromatic N) is 1. The van der Waals surface area contributed by atoms with E-state index in [1.807, 2.05) is 12.1 Å². The molecule has 2 heterocycles. The van der Waals surface area contributed by atoms with Crippen LogP contribution in [0.3, 0.4) is 0 Å². The molecule has 1 saturated heterocycles. The summed E-state index contributed by atoms with van der Waals surface area (Å²) in [6.45, 7) is 4.23. The first-order valence-corrected chi connectivity index (χ1v) is 10.6. The van der Waals surface area contributed by atoms with E-state index in [-0.39, 0.29) is 5.82 Å². The van der Waals surface area contributed by atoms with E-state index in [1.165, 1.54) is 44.9 Å². The fraction of sp³-hybridized carbons (Fsp3) is 0.682. The lowest BCUT2D eigenvalue weighted by molar-refractivity contribution is 0.329. The van der Waals surface area contributed by atoms with E-state index in [2.05, 4.69) is 17.2 Å². The zero-order valence-electron chi connectivity index (χ0n) is 16.0. The van der Waals surface area contributed by atoms with Crippen LogP contribution in [0.15, 0.2) is 12.1 Å². The maximum atomic E-state index is 15.2. The zero-order valence-corrected chi connectivity index (χ0v) is 16.0. The number of halogens is 1. The first-order valence-electron chi connectivity index (χ1n) is 10.6. The number of fused-ring (bicyclic) bond motifs is 1. The number of hydrogen-bond donors (Lipinski definition) is 2. The van der Waals surface area contributed by atoms with Gasteiger partial charge in [-0.15, -0.1) is 0 Å². The third kappa shape index (κ3) is 3.66. The van der Waals surface area contributed by atoms with Crippen molar-refractivity contribution in [1.29, 1.82) is 0 Å². The zero-order chi connectivity index (χ0) is 17.9. The van der Waals surface area contributed by atoms with Gasteiger partial charge in [-0.3, -0.25) is 0 Å². The van der Waals surface area contributed by atoms with E-state index in [4.69, 9.17) is 4.98 Å². The van der Waals surface area contributed by atoms with Crippen LogP contribution in [0.25, 0.3) is 11.0 Å². The molecule has 3 nitrogen and oxygen atoms in total. The second-order valence-electron chi connectivity index (χ2n) is 8.41. The molecule has 1 aliphatic heterocycles. The van der Waals surface area contributed by atoms with Crippen LogP contribution in [0, 0.1) is 11.7 Å². The summed E-state index contributed by atoms with van der Waals surface area (Å²) in [6, 6.07) is 4.02. The average molecular weight is 358 g/mol. The Labute approximate surface area is 156 Å². The van der Waals surface area contributed by atoms with Gasteiger partial charge in [0.2, 0.25) is 0 Å². The minimum atomic E-state index is -0.0956. The van der Waals surface area contributed by atoms with E-state index in [9.17, 15) is 0 Å². The summed E-state index contributed by atoms with van der Waals surface area (Å²) in [5.41, 5.74) is 2.26. The molecule has 4 heteroatoms. The van der Waals surface area contributed by atoms with Gasteiger partial charge in [-0.05, 0) is 62.2 Å². The second kappa shape index (κ2) is 8.08. The van der Waals surface area contributed by atoms with E-state index >= 15 is 4.39 Å². The van der Waals surface area contributed by atoms with Crippen molar-refractivity contribution in [1.82, 2.24) is 15.3 Å². The maximum absolute atomic E-state index is 15.2. The Balaban J connectivity index is 1.59. The predicted molar refractivity (Wildman–Crippen MR) is 105 cm³/mol. The van der Waals surface area contributed by atoms with Crippen molar-refractivity contribution in [3.05, 3.63) is 29.3 Å². The van der Waals surface area contributed by atoms with Crippen molar-refractivity contribution in [3.8, 4) is 0 Å². The molecule has 1 aliphatic carbocycles. The summed E-state index contributed by atoms with van der Waals surface area (Å²) in [6.07, 6.45) is 11.3. The van der Waals surface area contributed by atoms with Gasteiger partial charge in [0.15, 0.2) is 5.82 Å². The highest BCUT2D eigenvalue weighted by molar-refractivity contribution is 5.77. The molecule has 2 aromatic rings. The van der Waals surface area contributed by atoms with Gasteiger partial charge in [-0.1, -0.05) is 45.1 Å². The Bertz CT molecular complexity index is 724. The molecule has 142 valence electrons. The smallest absolute Gasteiger partial charge is 0.154 e. The molecule has 0 radical (unpaired) electrons. The monoisotopic (exact) mass is 357 g/mol. The second-order valence-corrected chi connectivity index (χ2v) is 8.41. The molecule has 1 saturated carbocycles. The summed E-state index contributed by atoms with van der Waals surface area (Å²) in [7, 11) is 0. The Morgan fingerprint density at radius 3 is 2.42 bits per heavy atom. The lowest BCUT2D eigenvalue weighted by Gasteiger charge is -2.24. The molecular weight excluding hydrogens is 325 g/mol. The van der Waals surface area contributed by atoms with Gasteiger partial charge < -0.3 is 10.3 Å². The quantitative estimate of drug-likeness (QED) is 0.747. The number of piperidine rings is 1. The Kier molecular flexibility index (Phi) is 5.58. The van der Waals surface area contributed by atoms with Crippen LogP contribution in [-0.4, -0.2) is 23.1 Å². The lowest BCUT2D eigenvalue weighted by Crippen LogP contribution is -2.27. The standard InChI is InChI=1S/C22H32FN3/c1-15(16-7-5-3-2-4-6-8-16)22-25-19-10-9-18(20(23)21(19)26-22)17-11-13-24-14-12-17/h9-10,15-17,24H,2-8,11-14H2,1H3,(H,25,26). The van der Waals surface area contributed by atoms with Crippen LogP contribution in [0.2, 0.25) is 0 Å². The van der Waals surface area contributed by atoms with Crippen molar-refractivity contribution in [2.75, 3.05) is 13.1 Å². The molecule has 0 spiro atoms. The topological polar surface area (TPSA) is 40.7 Å². The van der Waals surface area contributed by atoms with Crippen LogP contribution in [0.5, 0.6) is 0 Å². The summed E-state index contributed by atoms with van der Waals surface area (Å²) in [5.74, 6) is 2.25. The normalized spacial score (nSPS) is 22.2. The average Bonchev–Trinajstić information content (AvgIpc) is 3.07. The van der Waals surface area contributed by atoms with Gasteiger partial charge in [0.25, 0.3) is 0 Å². The van der Waals surface area contributed by atoms with Gasteiger partial charge >= 0.3 is 0 Å². The molecule has 4 rings (SSSR count). The number of H-pyrrole nitrogens is 1. The number of aromatic amines is 1. The first-order chi connectivity index (χ1) is 12.7. The molecule has 0 bridgehead atoms. The Morgan fingerprint density at radius 1 is 1.00 bits per heavy atom. The fourth-order valence-corrected chi connectivity index (χ4v) is 4.95. The predicted octanol–water partition coefficient (Wildman–Crippen LogP) is 5.63. The van der Waals surface area contributed by atoms with Crippen molar-refractivity contribution >= 4 is 11.0 Å². The van der Waals surface area contributed by atoms with Gasteiger partial charge in [0, 0.05) is 5.92 Å². The van der Waals surface area contributed by atoms with Crippen LogP contribution in [0.4, 0.5) is 4.39 Å². The largest absolute Gasteiger partial charge is 0.342 e. The van der Waals surface area contributed by atoms with Crippen molar-refractivity contribution in [3.63, 3.8) is 0 Å². The molecule has 1 aromatic carbocycles. The van der Waals surface area contributed by atoms with Gasteiger partial charge in [-0.2, -0.15) is 0 Å². The third-order valence-electron chi connectivity index (χ3n) is 6.71. The van der Waals surface area contributed by atoms with Gasteiger partial charge in [0.1, 0.15) is 11.3 Å². The third-order valence-corrected chi connectivity index (χ3v) is 6.71. The minimum Gasteiger partial charge on any atom is -0.342 e. The van der Waals surface area contributed by atoms with Crippen LogP contribution in [0.1, 0.15) is 87.9 Å².